The first-order chi connectivity index (χ1) is 31.6. The number of aliphatic hydroxyl groups is 7. The summed E-state index contributed by atoms with van der Waals surface area (Å²) in [6.45, 7) is 12.3. The number of methoxy groups -OCH3 is 3. The van der Waals surface area contributed by atoms with Crippen LogP contribution in [-0.4, -0.2) is 197 Å². The standard InChI is InChI=1S/C48H78O19/c1-21(49)28-16-34(52)48(56)46(28,7)33(51)20-32-45(6)13-12-27(15-26(45)11-14-47(32,48)55)64-35-17-29(50)40(23(3)60-35)65-36-18-30(57-8)41(24(4)61-36)66-37-19-31(58-9)42(25(5)62-37)67-44-39(54)43(59-10)38(53)22(2)63-44/h11,22-25,27-44,50-56H,12-20H2,1-10H3/t22-,23-,24-,25-,27+,28-,29+,30+,31-,32-,33-,34-,35+,36+,37+,38-,39-,40-,41-,42-,43+,44+,45+,46+,47+,48-/m1/s1. The van der Waals surface area contributed by atoms with E-state index < -0.39 is 151 Å². The van der Waals surface area contributed by atoms with Gasteiger partial charge in [0.1, 0.15) is 53.6 Å². The van der Waals surface area contributed by atoms with Gasteiger partial charge in [-0.1, -0.05) is 25.5 Å². The van der Waals surface area contributed by atoms with Crippen LogP contribution in [0.2, 0.25) is 0 Å². The van der Waals surface area contributed by atoms with Gasteiger partial charge in [0.05, 0.1) is 61.0 Å². The predicted octanol–water partition coefficient (Wildman–Crippen LogP) is 1.14. The van der Waals surface area contributed by atoms with Crippen LogP contribution in [0.5, 0.6) is 0 Å². The second-order valence-corrected chi connectivity index (χ2v) is 21.4. The van der Waals surface area contributed by atoms with E-state index in [-0.39, 0.29) is 44.0 Å². The van der Waals surface area contributed by atoms with Crippen LogP contribution in [-0.2, 0) is 56.9 Å². The maximum atomic E-state index is 12.7. The van der Waals surface area contributed by atoms with Crippen LogP contribution in [0.4, 0.5) is 0 Å². The molecule has 19 nitrogen and oxygen atoms in total. The van der Waals surface area contributed by atoms with E-state index in [0.29, 0.717) is 25.7 Å². The van der Waals surface area contributed by atoms with Gasteiger partial charge in [0.15, 0.2) is 25.2 Å². The van der Waals surface area contributed by atoms with Gasteiger partial charge in [-0.15, -0.1) is 0 Å². The van der Waals surface area contributed by atoms with Crippen LogP contribution < -0.4 is 0 Å². The van der Waals surface area contributed by atoms with Gasteiger partial charge in [-0.2, -0.15) is 0 Å². The summed E-state index contributed by atoms with van der Waals surface area (Å²) >= 11 is 0. The summed E-state index contributed by atoms with van der Waals surface area (Å²) in [7, 11) is 4.56. The van der Waals surface area contributed by atoms with Gasteiger partial charge in [0.2, 0.25) is 0 Å². The molecule has 4 aliphatic carbocycles. The SMILES string of the molecule is CO[C@@H]1[C@@H](O)[C@H](O[C@@H]2[C@@H](C)O[C@@H](O[C@H]3[C@@H](OC)C[C@H](O[C@H]4[C@@H](O)C[C@H](O[C@H]5CC[C@@]6(C)C(=CC[C@]7(O)[C@@H]6C[C@@H](O)[C@]6(C)[C@@H](C(C)=O)C[C@@H](O)[C@@]67O)C5)O[C@@H]4C)O[C@@H]3C)C[C@H]2OC)O[C@H](C)[C@H]1O. The molecule has 0 spiro atoms. The molecule has 0 radical (unpaired) electrons. The minimum atomic E-state index is -2.09. The molecule has 0 aromatic heterocycles. The molecule has 0 bridgehead atoms. The van der Waals surface area contributed by atoms with E-state index in [0.717, 1.165) is 5.57 Å². The van der Waals surface area contributed by atoms with Crippen molar-refractivity contribution < 1.29 is 92.6 Å². The first-order valence-electron chi connectivity index (χ1n) is 24.4. The van der Waals surface area contributed by atoms with Crippen molar-refractivity contribution in [2.24, 2.45) is 22.7 Å². The van der Waals surface area contributed by atoms with E-state index in [1.807, 2.05) is 33.8 Å². The monoisotopic (exact) mass is 959 g/mol. The van der Waals surface area contributed by atoms with Crippen molar-refractivity contribution in [2.75, 3.05) is 21.3 Å². The van der Waals surface area contributed by atoms with Crippen LogP contribution >= 0.6 is 0 Å². The van der Waals surface area contributed by atoms with E-state index >= 15 is 0 Å². The Morgan fingerprint density at radius 1 is 0.657 bits per heavy atom. The Labute approximate surface area is 393 Å². The molecule has 7 N–H and O–H groups in total. The van der Waals surface area contributed by atoms with Crippen LogP contribution in [0, 0.1) is 22.7 Å². The average molecular weight is 959 g/mol. The minimum Gasteiger partial charge on any atom is -0.392 e. The number of hydrogen-bond acceptors (Lipinski definition) is 19. The highest BCUT2D eigenvalue weighted by Crippen LogP contribution is 2.69. The zero-order chi connectivity index (χ0) is 48.7. The number of Topliss-reactive ketones (excluding diaryl/α,β-unsaturated/α-hetero) is 1. The highest BCUT2D eigenvalue weighted by molar-refractivity contribution is 5.80. The van der Waals surface area contributed by atoms with Gasteiger partial charge in [-0.25, -0.2) is 0 Å². The molecule has 3 saturated carbocycles. The molecular formula is C48H78O19. The first-order valence-corrected chi connectivity index (χ1v) is 24.4. The molecule has 7 fully saturated rings. The van der Waals surface area contributed by atoms with Crippen molar-refractivity contribution in [1.29, 1.82) is 0 Å². The van der Waals surface area contributed by atoms with E-state index in [1.165, 1.54) is 14.0 Å². The fourth-order valence-corrected chi connectivity index (χ4v) is 13.9. The molecule has 8 rings (SSSR count). The van der Waals surface area contributed by atoms with Crippen molar-refractivity contribution in [2.45, 2.75) is 240 Å². The number of rotatable bonds is 12. The molecule has 26 atom stereocenters. The minimum absolute atomic E-state index is 0.0220. The summed E-state index contributed by atoms with van der Waals surface area (Å²) in [4.78, 5) is 12.7. The average Bonchev–Trinajstić information content (AvgIpc) is 3.50. The zero-order valence-electron chi connectivity index (χ0n) is 40.7. The highest BCUT2D eigenvalue weighted by atomic mass is 16.8. The van der Waals surface area contributed by atoms with Crippen molar-refractivity contribution in [3.63, 3.8) is 0 Å². The van der Waals surface area contributed by atoms with E-state index in [2.05, 4.69) is 0 Å². The molecule has 0 amide bonds. The Kier molecular flexibility index (Phi) is 15.2. The number of fused-ring (bicyclic) bond motifs is 5. The molecule has 384 valence electrons. The molecule has 0 aromatic carbocycles. The van der Waals surface area contributed by atoms with E-state index in [4.69, 9.17) is 52.1 Å². The number of carbonyl (C=O) groups is 1. The topological polar surface area (TPSA) is 260 Å². The Balaban J connectivity index is 0.838. The lowest BCUT2D eigenvalue weighted by atomic mass is 9.42. The molecule has 67 heavy (non-hydrogen) atoms. The smallest absolute Gasteiger partial charge is 0.187 e. The molecule has 19 heteroatoms. The van der Waals surface area contributed by atoms with Crippen molar-refractivity contribution in [3.8, 4) is 0 Å². The van der Waals surface area contributed by atoms with Crippen molar-refractivity contribution in [1.82, 2.24) is 0 Å². The fraction of sp³-hybridized carbons (Fsp3) is 0.938. The van der Waals surface area contributed by atoms with E-state index in [9.17, 15) is 40.5 Å². The van der Waals surface area contributed by atoms with Gasteiger partial charge in [0, 0.05) is 57.8 Å². The zero-order valence-corrected chi connectivity index (χ0v) is 40.7. The summed E-state index contributed by atoms with van der Waals surface area (Å²) in [5.74, 6) is -1.59. The second-order valence-electron chi connectivity index (χ2n) is 21.4. The number of aliphatic hydroxyl groups excluding tert-OH is 5. The third-order valence-corrected chi connectivity index (χ3v) is 17.8. The highest BCUT2D eigenvalue weighted by Gasteiger charge is 2.79. The van der Waals surface area contributed by atoms with Crippen LogP contribution in [0.1, 0.15) is 106 Å². The molecule has 0 aromatic rings. The normalized spacial score (nSPS) is 54.7. The van der Waals surface area contributed by atoms with Gasteiger partial charge < -0.3 is 87.9 Å². The molecule has 4 saturated heterocycles. The lowest BCUT2D eigenvalue weighted by molar-refractivity contribution is -0.355. The van der Waals surface area contributed by atoms with Gasteiger partial charge in [0.25, 0.3) is 0 Å². The number of hydrogen-bond donors (Lipinski definition) is 7. The van der Waals surface area contributed by atoms with Gasteiger partial charge in [-0.3, -0.25) is 4.79 Å². The predicted molar refractivity (Wildman–Crippen MR) is 233 cm³/mol. The third kappa shape index (κ3) is 8.73. The molecule has 0 unspecified atom stereocenters. The summed E-state index contributed by atoms with van der Waals surface area (Å²) in [6.07, 6.45) is -10.7. The Bertz CT molecular complexity index is 1760. The summed E-state index contributed by atoms with van der Waals surface area (Å²) < 4.78 is 67.5. The molecule has 4 heterocycles. The second kappa shape index (κ2) is 19.6. The maximum Gasteiger partial charge on any atom is 0.187 e. The molecular weight excluding hydrogens is 881 g/mol. The Morgan fingerprint density at radius 2 is 1.22 bits per heavy atom. The van der Waals surface area contributed by atoms with E-state index in [1.54, 1.807) is 28.1 Å². The van der Waals surface area contributed by atoms with Gasteiger partial charge >= 0.3 is 0 Å². The third-order valence-electron chi connectivity index (χ3n) is 17.8. The maximum absolute atomic E-state index is 12.7. The van der Waals surface area contributed by atoms with Gasteiger partial charge in [-0.05, 0) is 78.6 Å². The number of ketones is 1. The molecule has 8 aliphatic rings. The number of carbonyl (C=O) groups excluding carboxylic acids is 1. The van der Waals surface area contributed by atoms with Crippen LogP contribution in [0.15, 0.2) is 11.6 Å². The Morgan fingerprint density at radius 3 is 1.79 bits per heavy atom. The summed E-state index contributed by atoms with van der Waals surface area (Å²) in [6, 6.07) is 0. The van der Waals surface area contributed by atoms with Crippen LogP contribution in [0.25, 0.3) is 0 Å². The van der Waals surface area contributed by atoms with Crippen molar-refractivity contribution >= 4 is 5.78 Å². The van der Waals surface area contributed by atoms with Crippen LogP contribution in [0.3, 0.4) is 0 Å². The first kappa shape index (κ1) is 52.0. The molecule has 4 aliphatic heterocycles. The van der Waals surface area contributed by atoms with Crippen molar-refractivity contribution in [3.05, 3.63) is 11.6 Å². The largest absolute Gasteiger partial charge is 0.392 e. The number of ether oxygens (including phenoxy) is 11. The quantitative estimate of drug-likeness (QED) is 0.135. The lowest BCUT2D eigenvalue weighted by Crippen LogP contribution is -2.78. The Hall–Kier alpha value is -1.31. The summed E-state index contributed by atoms with van der Waals surface area (Å²) in [5.41, 5.74) is -4.82. The lowest BCUT2D eigenvalue weighted by Gasteiger charge is -2.66. The fourth-order valence-electron chi connectivity index (χ4n) is 13.9. The summed E-state index contributed by atoms with van der Waals surface area (Å²) in [5, 5.41) is 80.7.